The summed E-state index contributed by atoms with van der Waals surface area (Å²) in [6, 6.07) is 4.06. The number of aromatic nitrogens is 3. The maximum atomic E-state index is 12.6. The van der Waals surface area contributed by atoms with Gasteiger partial charge in [-0.05, 0) is 17.7 Å². The summed E-state index contributed by atoms with van der Waals surface area (Å²) >= 11 is 0. The van der Waals surface area contributed by atoms with E-state index in [0.717, 1.165) is 31.9 Å². The van der Waals surface area contributed by atoms with Gasteiger partial charge >= 0.3 is 24.3 Å². The molecule has 0 bridgehead atoms. The molecule has 16 heteroatoms. The highest BCUT2D eigenvalue weighted by molar-refractivity contribution is 5.97. The predicted octanol–water partition coefficient (Wildman–Crippen LogP) is 2.23. The zero-order valence-corrected chi connectivity index (χ0v) is 18.1. The van der Waals surface area contributed by atoms with Crippen LogP contribution in [0.15, 0.2) is 43.2 Å². The number of amides is 1. The number of nitrogens with zero attached hydrogens (tertiary/aromatic N) is 5. The third-order valence-corrected chi connectivity index (χ3v) is 5.02. The molecule has 0 aliphatic carbocycles. The summed E-state index contributed by atoms with van der Waals surface area (Å²) in [6.07, 6.45) is -1.63. The molecular formula is C20H19F6N5O5. The summed E-state index contributed by atoms with van der Waals surface area (Å²) in [6.45, 7) is 3.44. The number of hydrogen-bond donors (Lipinski definition) is 2. The van der Waals surface area contributed by atoms with E-state index in [4.69, 9.17) is 19.8 Å². The fourth-order valence-electron chi connectivity index (χ4n) is 3.49. The van der Waals surface area contributed by atoms with Crippen molar-refractivity contribution in [2.75, 3.05) is 24.5 Å². The molecule has 1 amide bonds. The molecule has 2 atom stereocenters. The average Bonchev–Trinajstić information content (AvgIpc) is 3.33. The van der Waals surface area contributed by atoms with Crippen LogP contribution in [0.1, 0.15) is 5.56 Å². The van der Waals surface area contributed by atoms with Crippen molar-refractivity contribution in [2.24, 2.45) is 11.8 Å². The first-order valence-electron chi connectivity index (χ1n) is 9.98. The molecule has 4 heterocycles. The molecule has 0 unspecified atom stereocenters. The minimum absolute atomic E-state index is 0.0991. The van der Waals surface area contributed by atoms with Crippen LogP contribution in [0, 0.1) is 11.8 Å². The Labute approximate surface area is 199 Å². The Bertz CT molecular complexity index is 1010. The summed E-state index contributed by atoms with van der Waals surface area (Å²) in [4.78, 5) is 46.7. The van der Waals surface area contributed by atoms with Crippen LogP contribution in [0.5, 0.6) is 0 Å². The first-order chi connectivity index (χ1) is 16.7. The van der Waals surface area contributed by atoms with Crippen molar-refractivity contribution in [1.82, 2.24) is 19.9 Å². The van der Waals surface area contributed by atoms with Crippen LogP contribution in [-0.4, -0.2) is 79.9 Å². The lowest BCUT2D eigenvalue weighted by Gasteiger charge is -2.21. The third-order valence-electron chi connectivity index (χ3n) is 5.02. The zero-order chi connectivity index (χ0) is 27.1. The van der Waals surface area contributed by atoms with E-state index in [1.165, 1.54) is 11.9 Å². The van der Waals surface area contributed by atoms with E-state index in [9.17, 15) is 31.1 Å². The van der Waals surface area contributed by atoms with E-state index < -0.39 is 24.3 Å². The number of hydrogen-bond acceptors (Lipinski definition) is 7. The standard InChI is InChI=1S/C16H17N5O.2C2HF3O2/c22-16-15-10-20(7-12-1-3-17-4-2-12)8-13(15)9-21(16)14-5-18-11-19-6-14;2*3-2(4,5)1(6)7/h1-6,11,13,15H,7-10H2;2*(H,6,7)/t13-,15-;;/m0../s1. The van der Waals surface area contributed by atoms with Crippen LogP contribution in [-0.2, 0) is 20.9 Å². The van der Waals surface area contributed by atoms with Crippen LogP contribution in [0.4, 0.5) is 32.0 Å². The van der Waals surface area contributed by atoms with Gasteiger partial charge in [0.2, 0.25) is 5.91 Å². The number of halogens is 6. The number of fused-ring (bicyclic) bond motifs is 1. The van der Waals surface area contributed by atoms with Gasteiger partial charge < -0.3 is 15.1 Å². The van der Waals surface area contributed by atoms with E-state index in [1.54, 1.807) is 12.4 Å². The molecule has 0 spiro atoms. The fourth-order valence-corrected chi connectivity index (χ4v) is 3.49. The zero-order valence-electron chi connectivity index (χ0n) is 18.1. The first kappa shape index (κ1) is 28.4. The number of carbonyl (C=O) groups is 3. The molecule has 0 radical (unpaired) electrons. The Hall–Kier alpha value is -3.82. The van der Waals surface area contributed by atoms with Crippen LogP contribution < -0.4 is 4.90 Å². The predicted molar refractivity (Wildman–Crippen MR) is 108 cm³/mol. The maximum Gasteiger partial charge on any atom is 0.490 e. The Balaban J connectivity index is 0.000000271. The van der Waals surface area contributed by atoms with E-state index in [0.29, 0.717) is 5.92 Å². The Morgan fingerprint density at radius 1 is 0.889 bits per heavy atom. The van der Waals surface area contributed by atoms with Crippen LogP contribution in [0.2, 0.25) is 0 Å². The second-order valence-corrected chi connectivity index (χ2v) is 7.57. The van der Waals surface area contributed by atoms with Crippen molar-refractivity contribution in [3.63, 3.8) is 0 Å². The van der Waals surface area contributed by atoms with Gasteiger partial charge in [-0.2, -0.15) is 26.3 Å². The average molecular weight is 523 g/mol. The first-order valence-corrected chi connectivity index (χ1v) is 9.98. The summed E-state index contributed by atoms with van der Waals surface area (Å²) in [7, 11) is 0. The molecule has 2 aromatic heterocycles. The second-order valence-electron chi connectivity index (χ2n) is 7.57. The fraction of sp³-hybridized carbons (Fsp3) is 0.400. The molecule has 10 nitrogen and oxygen atoms in total. The summed E-state index contributed by atoms with van der Waals surface area (Å²) in [5.41, 5.74) is 2.05. The van der Waals surface area contributed by atoms with Gasteiger partial charge in [-0.25, -0.2) is 19.6 Å². The van der Waals surface area contributed by atoms with Crippen LogP contribution >= 0.6 is 0 Å². The monoisotopic (exact) mass is 523 g/mol. The van der Waals surface area contributed by atoms with Crippen molar-refractivity contribution in [2.45, 2.75) is 18.9 Å². The van der Waals surface area contributed by atoms with Crippen LogP contribution in [0.25, 0.3) is 0 Å². The summed E-state index contributed by atoms with van der Waals surface area (Å²) in [5, 5.41) is 14.2. The van der Waals surface area contributed by atoms with Gasteiger partial charge in [0.15, 0.2) is 0 Å². The van der Waals surface area contributed by atoms with Gasteiger partial charge in [0.25, 0.3) is 0 Å². The largest absolute Gasteiger partial charge is 0.490 e. The van der Waals surface area contributed by atoms with Crippen molar-refractivity contribution < 1.29 is 50.9 Å². The molecule has 4 rings (SSSR count). The molecule has 196 valence electrons. The lowest BCUT2D eigenvalue weighted by molar-refractivity contribution is -0.193. The number of likely N-dealkylation sites (tertiary alicyclic amines) is 1. The summed E-state index contributed by atoms with van der Waals surface area (Å²) < 4.78 is 63.5. The minimum Gasteiger partial charge on any atom is -0.475 e. The van der Waals surface area contributed by atoms with Crippen molar-refractivity contribution in [3.8, 4) is 0 Å². The molecule has 2 fully saturated rings. The smallest absolute Gasteiger partial charge is 0.475 e. The van der Waals surface area contributed by atoms with Gasteiger partial charge in [0.05, 0.1) is 24.0 Å². The number of carboxylic acids is 2. The second kappa shape index (κ2) is 11.7. The van der Waals surface area contributed by atoms with Crippen LogP contribution in [0.3, 0.4) is 0 Å². The molecule has 2 aliphatic rings. The molecule has 0 aromatic carbocycles. The summed E-state index contributed by atoms with van der Waals surface area (Å²) in [5.74, 6) is -4.81. The lowest BCUT2D eigenvalue weighted by Crippen LogP contribution is -2.32. The van der Waals surface area contributed by atoms with E-state index in [1.807, 2.05) is 29.4 Å². The van der Waals surface area contributed by atoms with Crippen molar-refractivity contribution in [1.29, 1.82) is 0 Å². The van der Waals surface area contributed by atoms with E-state index >= 15 is 0 Å². The number of pyridine rings is 1. The Kier molecular flexibility index (Phi) is 9.27. The lowest BCUT2D eigenvalue weighted by atomic mass is 10.0. The van der Waals surface area contributed by atoms with Gasteiger partial charge in [-0.1, -0.05) is 0 Å². The van der Waals surface area contributed by atoms with Gasteiger partial charge in [-0.15, -0.1) is 0 Å². The van der Waals surface area contributed by atoms with Gasteiger partial charge in [0, 0.05) is 44.5 Å². The maximum absolute atomic E-state index is 12.6. The highest BCUT2D eigenvalue weighted by atomic mass is 19.4. The molecule has 0 saturated carbocycles. The van der Waals surface area contributed by atoms with Crippen molar-refractivity contribution >= 4 is 23.5 Å². The Morgan fingerprint density at radius 2 is 1.39 bits per heavy atom. The number of anilines is 1. The number of aliphatic carboxylic acids is 2. The normalized spacial score (nSPS) is 19.5. The minimum atomic E-state index is -5.08. The molecule has 2 N–H and O–H groups in total. The number of alkyl halides is 6. The highest BCUT2D eigenvalue weighted by Gasteiger charge is 2.46. The van der Waals surface area contributed by atoms with Gasteiger partial charge in [-0.3, -0.25) is 14.7 Å². The highest BCUT2D eigenvalue weighted by Crippen LogP contribution is 2.35. The molecule has 2 aliphatic heterocycles. The molecule has 2 saturated heterocycles. The SMILES string of the molecule is O=C(O)C(F)(F)F.O=C(O)C(F)(F)F.O=C1[C@H]2CN(Cc3ccncc3)C[C@H]2CN1c1cncnc1. The molecule has 2 aromatic rings. The number of carboxylic acid groups (broad SMARTS) is 2. The number of carbonyl (C=O) groups excluding carboxylic acids is 1. The topological polar surface area (TPSA) is 137 Å². The molecule has 36 heavy (non-hydrogen) atoms. The van der Waals surface area contributed by atoms with Gasteiger partial charge in [0.1, 0.15) is 6.33 Å². The Morgan fingerprint density at radius 3 is 1.83 bits per heavy atom. The van der Waals surface area contributed by atoms with E-state index in [-0.39, 0.29) is 11.8 Å². The third kappa shape index (κ3) is 8.14. The van der Waals surface area contributed by atoms with E-state index in [2.05, 4.69) is 19.9 Å². The molecular weight excluding hydrogens is 504 g/mol. The van der Waals surface area contributed by atoms with Crippen molar-refractivity contribution in [3.05, 3.63) is 48.8 Å². The quantitative estimate of drug-likeness (QED) is 0.581. The number of rotatable bonds is 3.